The monoisotopic (exact) mass is 316 g/mol. The Bertz CT molecular complexity index is 686. The van der Waals surface area contributed by atoms with Crippen molar-refractivity contribution in [3.05, 3.63) is 70.2 Å². The first-order chi connectivity index (χ1) is 10.5. The minimum Gasteiger partial charge on any atom is -0.361 e. The number of carbonyl (C=O) groups excluding carboxylic acids is 2. The lowest BCUT2D eigenvalue weighted by Gasteiger charge is -2.22. The molecule has 2 aromatic rings. The zero-order valence-electron chi connectivity index (χ0n) is 12.3. The molecule has 2 amide bonds. The minimum atomic E-state index is -0.956. The van der Waals surface area contributed by atoms with Gasteiger partial charge < -0.3 is 10.6 Å². The van der Waals surface area contributed by atoms with Gasteiger partial charge in [-0.2, -0.15) is 0 Å². The van der Waals surface area contributed by atoms with Crippen LogP contribution in [0.25, 0.3) is 0 Å². The van der Waals surface area contributed by atoms with Crippen molar-refractivity contribution in [2.24, 2.45) is 5.73 Å². The zero-order chi connectivity index (χ0) is 16.1. The Morgan fingerprint density at radius 2 is 1.77 bits per heavy atom. The van der Waals surface area contributed by atoms with Gasteiger partial charge >= 0.3 is 11.8 Å². The summed E-state index contributed by atoms with van der Waals surface area (Å²) in [5, 5.41) is 0.636. The zero-order valence-corrected chi connectivity index (χ0v) is 13.0. The smallest absolute Gasteiger partial charge is 0.312 e. The van der Waals surface area contributed by atoms with Gasteiger partial charge in [0, 0.05) is 18.1 Å². The molecule has 0 aliphatic rings. The quantitative estimate of drug-likeness (QED) is 0.881. The summed E-state index contributed by atoms with van der Waals surface area (Å²) in [6.07, 6.45) is 0. The Balaban J connectivity index is 2.24. The molecule has 22 heavy (non-hydrogen) atoms. The van der Waals surface area contributed by atoms with E-state index >= 15 is 0 Å². The molecule has 0 aliphatic carbocycles. The predicted molar refractivity (Wildman–Crippen MR) is 86.1 cm³/mol. The van der Waals surface area contributed by atoms with Gasteiger partial charge in [0.1, 0.15) is 0 Å². The van der Waals surface area contributed by atoms with E-state index in [0.29, 0.717) is 18.1 Å². The van der Waals surface area contributed by atoms with E-state index < -0.39 is 11.8 Å². The van der Waals surface area contributed by atoms with Gasteiger partial charge in [-0.25, -0.2) is 0 Å². The number of hydrogen-bond donors (Lipinski definition) is 1. The first kappa shape index (κ1) is 16.0. The van der Waals surface area contributed by atoms with Gasteiger partial charge in [-0.15, -0.1) is 0 Å². The molecule has 0 spiro atoms. The lowest BCUT2D eigenvalue weighted by Crippen LogP contribution is -2.39. The average molecular weight is 317 g/mol. The lowest BCUT2D eigenvalue weighted by atomic mass is 10.1. The molecule has 0 atom stereocenters. The Morgan fingerprint density at radius 3 is 2.36 bits per heavy atom. The van der Waals surface area contributed by atoms with Crippen LogP contribution < -0.4 is 5.73 Å². The van der Waals surface area contributed by atoms with Crippen LogP contribution in [-0.2, 0) is 22.7 Å². The Hall–Kier alpha value is -2.33. The fourth-order valence-corrected chi connectivity index (χ4v) is 2.43. The molecule has 0 fully saturated rings. The molecule has 0 heterocycles. The van der Waals surface area contributed by atoms with E-state index in [0.717, 1.165) is 16.7 Å². The average Bonchev–Trinajstić information content (AvgIpc) is 2.49. The summed E-state index contributed by atoms with van der Waals surface area (Å²) in [5.74, 6) is -1.65. The predicted octanol–water partition coefficient (Wildman–Crippen LogP) is 2.66. The molecular weight excluding hydrogens is 300 g/mol. The van der Waals surface area contributed by atoms with Crippen molar-refractivity contribution in [3.63, 3.8) is 0 Å². The molecule has 0 saturated carbocycles. The van der Waals surface area contributed by atoms with Gasteiger partial charge in [-0.05, 0) is 35.7 Å². The summed E-state index contributed by atoms with van der Waals surface area (Å²) < 4.78 is 0. The standard InChI is InChI=1S/C17H17ClN2O2/c1-12-9-15(18)8-7-14(12)11-20(17(22)16(19)21)10-13-5-3-2-4-6-13/h2-9H,10-11H2,1H3,(H2,19,21). The Kier molecular flexibility index (Phi) is 5.17. The van der Waals surface area contributed by atoms with Crippen LogP contribution in [0.1, 0.15) is 16.7 Å². The highest BCUT2D eigenvalue weighted by Gasteiger charge is 2.20. The molecule has 0 bridgehead atoms. The van der Waals surface area contributed by atoms with E-state index in [4.69, 9.17) is 17.3 Å². The minimum absolute atomic E-state index is 0.305. The molecule has 4 nitrogen and oxygen atoms in total. The van der Waals surface area contributed by atoms with Gasteiger partial charge in [-0.3, -0.25) is 9.59 Å². The maximum atomic E-state index is 12.1. The van der Waals surface area contributed by atoms with E-state index in [2.05, 4.69) is 0 Å². The van der Waals surface area contributed by atoms with Crippen molar-refractivity contribution in [1.29, 1.82) is 0 Å². The molecule has 0 unspecified atom stereocenters. The normalized spacial score (nSPS) is 10.3. The molecule has 2 aromatic carbocycles. The highest BCUT2D eigenvalue weighted by atomic mass is 35.5. The topological polar surface area (TPSA) is 63.4 Å². The largest absolute Gasteiger partial charge is 0.361 e. The van der Waals surface area contributed by atoms with E-state index in [1.807, 2.05) is 49.4 Å². The first-order valence-electron chi connectivity index (χ1n) is 6.85. The lowest BCUT2D eigenvalue weighted by molar-refractivity contribution is -0.145. The van der Waals surface area contributed by atoms with Crippen molar-refractivity contribution in [2.45, 2.75) is 20.0 Å². The highest BCUT2D eigenvalue weighted by Crippen LogP contribution is 2.18. The van der Waals surface area contributed by atoms with Crippen LogP contribution >= 0.6 is 11.6 Å². The molecule has 2 rings (SSSR count). The van der Waals surface area contributed by atoms with Crippen LogP contribution in [0.4, 0.5) is 0 Å². The van der Waals surface area contributed by atoms with Crippen molar-refractivity contribution in [2.75, 3.05) is 0 Å². The van der Waals surface area contributed by atoms with Crippen LogP contribution in [0, 0.1) is 6.92 Å². The van der Waals surface area contributed by atoms with E-state index in [1.165, 1.54) is 4.90 Å². The maximum absolute atomic E-state index is 12.1. The van der Waals surface area contributed by atoms with Gasteiger partial charge in [0.2, 0.25) is 0 Å². The van der Waals surface area contributed by atoms with Gasteiger partial charge in [-0.1, -0.05) is 48.0 Å². The van der Waals surface area contributed by atoms with Crippen LogP contribution in [0.15, 0.2) is 48.5 Å². The Morgan fingerprint density at radius 1 is 1.09 bits per heavy atom. The summed E-state index contributed by atoms with van der Waals surface area (Å²) in [6.45, 7) is 2.54. The summed E-state index contributed by atoms with van der Waals surface area (Å²) in [4.78, 5) is 24.8. The van der Waals surface area contributed by atoms with E-state index in [1.54, 1.807) is 6.07 Å². The number of amides is 2. The number of benzene rings is 2. The van der Waals surface area contributed by atoms with Crippen molar-refractivity contribution in [3.8, 4) is 0 Å². The third-order valence-electron chi connectivity index (χ3n) is 3.38. The van der Waals surface area contributed by atoms with Crippen LogP contribution in [0.2, 0.25) is 5.02 Å². The molecule has 0 aromatic heterocycles. The second-order valence-corrected chi connectivity index (χ2v) is 5.52. The number of rotatable bonds is 4. The SMILES string of the molecule is Cc1cc(Cl)ccc1CN(Cc1ccccc1)C(=O)C(N)=O. The molecule has 0 saturated heterocycles. The summed E-state index contributed by atoms with van der Waals surface area (Å²) in [6, 6.07) is 14.9. The number of carbonyl (C=O) groups is 2. The number of hydrogen-bond acceptors (Lipinski definition) is 2. The molecule has 0 radical (unpaired) electrons. The number of primary amides is 1. The molecule has 5 heteroatoms. The molecule has 114 valence electrons. The van der Waals surface area contributed by atoms with Crippen molar-refractivity contribution < 1.29 is 9.59 Å². The molecular formula is C17H17ClN2O2. The number of nitrogens with zero attached hydrogens (tertiary/aromatic N) is 1. The fraction of sp³-hybridized carbons (Fsp3) is 0.176. The van der Waals surface area contributed by atoms with E-state index in [-0.39, 0.29) is 0 Å². The van der Waals surface area contributed by atoms with Crippen molar-refractivity contribution >= 4 is 23.4 Å². The number of nitrogens with two attached hydrogens (primary N) is 1. The van der Waals surface area contributed by atoms with Crippen molar-refractivity contribution in [1.82, 2.24) is 4.90 Å². The first-order valence-corrected chi connectivity index (χ1v) is 7.23. The second-order valence-electron chi connectivity index (χ2n) is 5.08. The molecule has 2 N–H and O–H groups in total. The highest BCUT2D eigenvalue weighted by molar-refractivity contribution is 6.34. The third kappa shape index (κ3) is 4.09. The van der Waals surface area contributed by atoms with Crippen LogP contribution in [-0.4, -0.2) is 16.7 Å². The van der Waals surface area contributed by atoms with Crippen LogP contribution in [0.3, 0.4) is 0 Å². The van der Waals surface area contributed by atoms with E-state index in [9.17, 15) is 9.59 Å². The maximum Gasteiger partial charge on any atom is 0.312 e. The van der Waals surface area contributed by atoms with Gasteiger partial charge in [0.25, 0.3) is 0 Å². The Labute approximate surface area is 134 Å². The summed E-state index contributed by atoms with van der Waals surface area (Å²) in [7, 11) is 0. The number of halogens is 1. The fourth-order valence-electron chi connectivity index (χ4n) is 2.20. The third-order valence-corrected chi connectivity index (χ3v) is 3.62. The van der Waals surface area contributed by atoms with Gasteiger partial charge in [0.15, 0.2) is 0 Å². The van der Waals surface area contributed by atoms with Crippen LogP contribution in [0.5, 0.6) is 0 Å². The van der Waals surface area contributed by atoms with Gasteiger partial charge in [0.05, 0.1) is 0 Å². The summed E-state index contributed by atoms with van der Waals surface area (Å²) in [5.41, 5.74) is 7.98. The summed E-state index contributed by atoms with van der Waals surface area (Å²) >= 11 is 5.94. The number of aryl methyl sites for hydroxylation is 1. The second kappa shape index (κ2) is 7.09. The molecule has 0 aliphatic heterocycles.